The summed E-state index contributed by atoms with van der Waals surface area (Å²) in [7, 11) is -20.1. The van der Waals surface area contributed by atoms with E-state index in [1.54, 1.807) is 0 Å². The molecule has 0 N–H and O–H groups in total. The third kappa shape index (κ3) is 6.53. The summed E-state index contributed by atoms with van der Waals surface area (Å²) in [4.78, 5) is 33.2. The summed E-state index contributed by atoms with van der Waals surface area (Å²) in [6.45, 7) is 0. The van der Waals surface area contributed by atoms with E-state index in [1.165, 1.54) is 24.3 Å². The van der Waals surface area contributed by atoms with Crippen LogP contribution >= 0.6 is 0 Å². The molecule has 0 atom stereocenters. The minimum Gasteiger partial charge on any atom is -0.744 e. The monoisotopic (exact) mass is 891 g/mol. The second kappa shape index (κ2) is 12.7. The van der Waals surface area contributed by atoms with Crippen molar-refractivity contribution in [3.63, 3.8) is 0 Å². The maximum atomic E-state index is 12.0. The van der Waals surface area contributed by atoms with E-state index in [4.69, 9.17) is 0 Å². The predicted octanol–water partition coefficient (Wildman–Crippen LogP) is 2.19. The van der Waals surface area contributed by atoms with Crippen LogP contribution in [-0.2, 0) is 57.3 Å². The maximum absolute atomic E-state index is 12.0. The van der Waals surface area contributed by atoms with Gasteiger partial charge in [-0.2, -0.15) is 0 Å². The molecule has 0 aliphatic carbocycles. The van der Waals surface area contributed by atoms with Crippen LogP contribution in [0, 0.1) is 0 Å². The van der Waals surface area contributed by atoms with Crippen LogP contribution in [0.5, 0.6) is 0 Å². The minimum absolute atomic E-state index is 0. The van der Waals surface area contributed by atoms with E-state index in [9.17, 15) is 51.9 Å². The molecule has 8 bridgehead atoms. The fourth-order valence-corrected chi connectivity index (χ4v) is 8.19. The van der Waals surface area contributed by atoms with Gasteiger partial charge in [-0.05, 0) is 76.1 Å². The molecule has 1 radical (unpaired) electrons. The minimum atomic E-state index is -5.02. The Morgan fingerprint density at radius 3 is 1.09 bits per heavy atom. The van der Waals surface area contributed by atoms with Crippen LogP contribution in [0.1, 0.15) is 5.71 Å². The zero-order chi connectivity index (χ0) is 39.7. The van der Waals surface area contributed by atoms with Crippen LogP contribution in [0.4, 0.5) is 0 Å². The van der Waals surface area contributed by atoms with Gasteiger partial charge in [0, 0.05) is 61.6 Å². The average Bonchev–Trinajstić information content (AvgIpc) is 3.84. The summed E-state index contributed by atoms with van der Waals surface area (Å²) < 4.78 is 145. The second-order valence-corrected chi connectivity index (χ2v) is 17.6. The van der Waals surface area contributed by atoms with E-state index < -0.39 is 60.1 Å². The van der Waals surface area contributed by atoms with Crippen LogP contribution in [-0.4, -0.2) is 81.8 Å². The number of fused-ring (bicyclic) bond motifs is 20. The number of benzene rings is 4. The molecule has 3 aromatic heterocycles. The summed E-state index contributed by atoms with van der Waals surface area (Å²) in [5, 5.41) is 0.169. The SMILES string of the molecule is O=S(=O)([O-])c1ccc2c(c1)-c1nc3nc(nc4[n-]c(nc5[n-]c(nc-2n1)c1cc(S(=O)(=O)[O-])ccc51)c1cc(S(=O)(=O)[O-])ccc41)-c1cc(S(=O)(=O)[O-])ccc1-3.[Co].[H+].[H+].[H+].[H+]. The number of aromatic nitrogens is 8. The van der Waals surface area contributed by atoms with Gasteiger partial charge >= 0.3 is 5.71 Å². The van der Waals surface area contributed by atoms with E-state index >= 15 is 0 Å². The Labute approximate surface area is 335 Å². The van der Waals surface area contributed by atoms with E-state index in [1.807, 2.05) is 0 Å². The summed E-state index contributed by atoms with van der Waals surface area (Å²) in [5.74, 6) is -0.882. The molecule has 0 unspecified atom stereocenters. The molecule has 9 rings (SSSR count). The van der Waals surface area contributed by atoms with Gasteiger partial charge in [-0.3, -0.25) is 0 Å². The summed E-state index contributed by atoms with van der Waals surface area (Å²) >= 11 is 0. The normalized spacial score (nSPS) is 13.0. The van der Waals surface area contributed by atoms with Crippen molar-refractivity contribution < 1.29 is 74.4 Å². The third-order valence-electron chi connectivity index (χ3n) is 8.74. The zero-order valence-corrected chi connectivity index (χ0v) is 31.7. The Kier molecular flexibility index (Phi) is 8.52. The van der Waals surface area contributed by atoms with Crippen LogP contribution in [0.3, 0.4) is 0 Å². The van der Waals surface area contributed by atoms with Crippen molar-refractivity contribution in [2.24, 2.45) is 0 Å². The van der Waals surface area contributed by atoms with E-state index in [-0.39, 0.29) is 112 Å². The first-order chi connectivity index (χ1) is 26.2. The maximum Gasteiger partial charge on any atom is 1.00 e. The van der Waals surface area contributed by atoms with Gasteiger partial charge < -0.3 is 43.1 Å². The molecule has 20 nitrogen and oxygen atoms in total. The fraction of sp³-hybridized carbons (Fsp3) is 0. The number of hydrogen-bond acceptors (Lipinski definition) is 18. The van der Waals surface area contributed by atoms with Crippen molar-refractivity contribution >= 4 is 84.6 Å². The summed E-state index contributed by atoms with van der Waals surface area (Å²) in [5.41, 5.74) is -0.712. The van der Waals surface area contributed by atoms with Crippen LogP contribution < -0.4 is 9.97 Å². The van der Waals surface area contributed by atoms with Gasteiger partial charge in [0.05, 0.1) is 31.2 Å². The van der Waals surface area contributed by atoms with Crippen LogP contribution in [0.25, 0.3) is 89.7 Å². The van der Waals surface area contributed by atoms with Crippen molar-refractivity contribution in [3.8, 4) is 45.6 Å². The van der Waals surface area contributed by atoms with E-state index in [0.29, 0.717) is 0 Å². The van der Waals surface area contributed by atoms with Gasteiger partial charge in [0.2, 0.25) is 0 Å². The topological polar surface area (TPSA) is 334 Å². The van der Waals surface area contributed by atoms with Crippen molar-refractivity contribution in [1.82, 2.24) is 39.9 Å². The molecule has 2 aliphatic heterocycles. The largest absolute Gasteiger partial charge is 1.00 e. The van der Waals surface area contributed by atoms with E-state index in [2.05, 4.69) is 39.9 Å². The van der Waals surface area contributed by atoms with Crippen LogP contribution in [0.2, 0.25) is 0 Å². The smallest absolute Gasteiger partial charge is 0.744 e. The molecule has 25 heteroatoms. The fourth-order valence-electron chi connectivity index (χ4n) is 6.20. The Morgan fingerprint density at radius 1 is 0.368 bits per heavy atom. The first-order valence-corrected chi connectivity index (χ1v) is 21.0. The average molecular weight is 892 g/mol. The van der Waals surface area contributed by atoms with Crippen molar-refractivity contribution in [1.29, 1.82) is 0 Å². The first-order valence-electron chi connectivity index (χ1n) is 15.3. The predicted molar refractivity (Wildman–Crippen MR) is 190 cm³/mol. The van der Waals surface area contributed by atoms with Crippen LogP contribution in [0.15, 0.2) is 92.4 Å². The molecule has 0 saturated carbocycles. The molecule has 0 amide bonds. The Hall–Kier alpha value is -5.61. The molecule has 0 spiro atoms. The van der Waals surface area contributed by atoms with Gasteiger partial charge in [0.25, 0.3) is 0 Å². The van der Waals surface area contributed by atoms with Crippen molar-refractivity contribution in [2.75, 3.05) is 0 Å². The molecule has 57 heavy (non-hydrogen) atoms. The Bertz CT molecular complexity index is 3640. The standard InChI is InChI=1S/C32H16N8O12S4.Co/c41-53(42,43)13-1-5-17-21(9-13)29-33-25(17)37-30-22-10-14(54(44,45)46)2-6-18(22)27(34-30)39-32-24-12-16(56(50,51)52)4-8-20(24)28(36-32)40-31-23-11-15(55(47,48)49)3-7-19(23)26(35-31)38-29;/h1-12H,(H4-2,33,34,35,36,37,38,39,40,41,42,43,44,45,46,47,48,49,50,51,52);/q-2;. The molecule has 4 aromatic carbocycles. The van der Waals surface area contributed by atoms with Crippen molar-refractivity contribution in [2.45, 2.75) is 19.6 Å². The molecular formula is C32H16CoN8O12S4-2. The number of rotatable bonds is 4. The second-order valence-electron chi connectivity index (χ2n) is 12.1. The molecule has 5 heterocycles. The molecule has 2 aliphatic rings. The Morgan fingerprint density at radius 2 is 0.667 bits per heavy atom. The third-order valence-corrected chi connectivity index (χ3v) is 12.1. The van der Waals surface area contributed by atoms with Gasteiger partial charge in [-0.15, -0.1) is 0 Å². The van der Waals surface area contributed by atoms with Gasteiger partial charge in [-0.1, -0.05) is 18.2 Å². The summed E-state index contributed by atoms with van der Waals surface area (Å²) in [6, 6.07) is 12.8. The van der Waals surface area contributed by atoms with Gasteiger partial charge in [0.15, 0.2) is 11.6 Å². The first kappa shape index (κ1) is 38.3. The van der Waals surface area contributed by atoms with E-state index in [0.717, 1.165) is 48.5 Å². The summed E-state index contributed by atoms with van der Waals surface area (Å²) in [6.07, 6.45) is 0. The number of hydrogen-bond donors (Lipinski definition) is 0. The Balaban J connectivity index is 0.00000164. The molecular weight excluding hydrogens is 876 g/mol. The molecule has 0 fully saturated rings. The quantitative estimate of drug-likeness (QED) is 0.228. The van der Waals surface area contributed by atoms with Gasteiger partial charge in [0.1, 0.15) is 40.5 Å². The van der Waals surface area contributed by atoms with Gasteiger partial charge in [-0.25, -0.2) is 48.6 Å². The molecule has 7 aromatic rings. The number of nitrogens with zero attached hydrogens (tertiary/aromatic N) is 8. The zero-order valence-electron chi connectivity index (χ0n) is 31.4. The molecule has 291 valence electrons. The molecule has 0 saturated heterocycles. The van der Waals surface area contributed by atoms with Crippen molar-refractivity contribution in [3.05, 3.63) is 72.8 Å².